The Morgan fingerprint density at radius 3 is 2.48 bits per heavy atom. The molecule has 0 unspecified atom stereocenters. The van der Waals surface area contributed by atoms with Crippen LogP contribution in [-0.2, 0) is 10.7 Å². The van der Waals surface area contributed by atoms with Crippen LogP contribution >= 0.6 is 23.1 Å². The van der Waals surface area contributed by atoms with E-state index < -0.39 is 24.9 Å². The minimum absolute atomic E-state index is 0.174. The minimum atomic E-state index is -4.41. The van der Waals surface area contributed by atoms with Gasteiger partial charge in [-0.05, 0) is 72.4 Å². The number of fused-ring (bicyclic) bond motifs is 1. The molecule has 0 saturated heterocycles. The fraction of sp³-hybridized carbons (Fsp3) is 0.300. The molecule has 1 N–H and O–H groups in total. The molecule has 0 radical (unpaired) electrons. The van der Waals surface area contributed by atoms with Crippen LogP contribution in [0.5, 0.6) is 0 Å². The van der Waals surface area contributed by atoms with Gasteiger partial charge in [0, 0.05) is 15.2 Å². The van der Waals surface area contributed by atoms with E-state index in [1.807, 2.05) is 0 Å². The van der Waals surface area contributed by atoms with Gasteiger partial charge in [0.25, 0.3) is 0 Å². The summed E-state index contributed by atoms with van der Waals surface area (Å²) in [5, 5.41) is 4.51. The molecule has 1 aromatic heterocycles. The molecular formula is C20H20BrF3N3OP. The van der Waals surface area contributed by atoms with Crippen LogP contribution in [0.15, 0.2) is 41.1 Å². The summed E-state index contributed by atoms with van der Waals surface area (Å²) in [6.45, 7) is 6.59. The third-order valence-electron chi connectivity index (χ3n) is 4.78. The standard InChI is InChI=1S/C20H20BrF3N3OP/c1-11-13(6-5-7-15(11)20(22,23)24)12(2)27-19-14-8-18(29(3,4)28)16(21)9-17(14)25-10-26-19/h5-10,12H,1-4H3,(H,25,26,27)/t12-/m1/s1. The van der Waals surface area contributed by atoms with Gasteiger partial charge in [-0.25, -0.2) is 9.97 Å². The predicted molar refractivity (Wildman–Crippen MR) is 115 cm³/mol. The molecule has 1 atom stereocenters. The van der Waals surface area contributed by atoms with Gasteiger partial charge in [0.2, 0.25) is 0 Å². The van der Waals surface area contributed by atoms with Crippen molar-refractivity contribution in [1.29, 1.82) is 0 Å². The molecule has 0 aliphatic heterocycles. The number of anilines is 1. The molecular weight excluding hydrogens is 466 g/mol. The third-order valence-corrected chi connectivity index (χ3v) is 7.28. The molecule has 3 rings (SSSR count). The van der Waals surface area contributed by atoms with E-state index in [0.29, 0.717) is 32.1 Å². The van der Waals surface area contributed by atoms with Gasteiger partial charge in [0.1, 0.15) is 19.3 Å². The molecule has 2 aromatic carbocycles. The van der Waals surface area contributed by atoms with Crippen molar-refractivity contribution < 1.29 is 17.7 Å². The predicted octanol–water partition coefficient (Wildman–Crippen LogP) is 6.14. The van der Waals surface area contributed by atoms with Crippen molar-refractivity contribution in [2.45, 2.75) is 26.1 Å². The quantitative estimate of drug-likeness (QED) is 0.451. The lowest BCUT2D eigenvalue weighted by atomic mass is 9.97. The molecule has 0 spiro atoms. The summed E-state index contributed by atoms with van der Waals surface area (Å²) < 4.78 is 53.1. The number of halogens is 4. The van der Waals surface area contributed by atoms with Crippen LogP contribution in [0, 0.1) is 6.92 Å². The first-order valence-electron chi connectivity index (χ1n) is 8.82. The Morgan fingerprint density at radius 2 is 1.86 bits per heavy atom. The molecule has 0 amide bonds. The average molecular weight is 486 g/mol. The maximum atomic E-state index is 13.2. The second-order valence-corrected chi connectivity index (χ2v) is 11.3. The Hall–Kier alpha value is -1.92. The Kier molecular flexibility index (Phi) is 5.80. The van der Waals surface area contributed by atoms with Gasteiger partial charge in [-0.1, -0.05) is 12.1 Å². The number of nitrogens with one attached hydrogen (secondary N) is 1. The number of hydrogen-bond donors (Lipinski definition) is 1. The number of alkyl halides is 3. The lowest BCUT2D eigenvalue weighted by Gasteiger charge is -2.21. The Balaban J connectivity index is 2.06. The first kappa shape index (κ1) is 21.8. The van der Waals surface area contributed by atoms with Crippen molar-refractivity contribution in [3.63, 3.8) is 0 Å². The van der Waals surface area contributed by atoms with E-state index in [9.17, 15) is 17.7 Å². The number of nitrogens with zero attached hydrogens (tertiary/aromatic N) is 2. The monoisotopic (exact) mass is 485 g/mol. The summed E-state index contributed by atoms with van der Waals surface area (Å²) in [5.74, 6) is 0.474. The molecule has 9 heteroatoms. The number of aromatic nitrogens is 2. The number of rotatable bonds is 4. The van der Waals surface area contributed by atoms with Gasteiger partial charge < -0.3 is 9.88 Å². The Labute approximate surface area is 175 Å². The van der Waals surface area contributed by atoms with E-state index in [0.717, 1.165) is 6.07 Å². The van der Waals surface area contributed by atoms with Crippen LogP contribution in [-0.4, -0.2) is 23.3 Å². The van der Waals surface area contributed by atoms with Gasteiger partial charge in [0.05, 0.1) is 17.1 Å². The maximum Gasteiger partial charge on any atom is 0.416 e. The van der Waals surface area contributed by atoms with Crippen molar-refractivity contribution in [3.8, 4) is 0 Å². The molecule has 0 saturated carbocycles. The first-order valence-corrected chi connectivity index (χ1v) is 12.2. The van der Waals surface area contributed by atoms with Crippen LogP contribution < -0.4 is 10.6 Å². The molecule has 29 heavy (non-hydrogen) atoms. The maximum absolute atomic E-state index is 13.2. The van der Waals surface area contributed by atoms with Crippen molar-refractivity contribution >= 4 is 45.1 Å². The van der Waals surface area contributed by atoms with E-state index in [2.05, 4.69) is 31.2 Å². The zero-order valence-corrected chi connectivity index (χ0v) is 18.8. The fourth-order valence-corrected chi connectivity index (χ4v) is 5.94. The van der Waals surface area contributed by atoms with E-state index in [1.54, 1.807) is 38.5 Å². The van der Waals surface area contributed by atoms with Crippen LogP contribution in [0.25, 0.3) is 10.9 Å². The van der Waals surface area contributed by atoms with Crippen LogP contribution in [0.3, 0.4) is 0 Å². The van der Waals surface area contributed by atoms with E-state index in [4.69, 9.17) is 0 Å². The highest BCUT2D eigenvalue weighted by Gasteiger charge is 2.33. The van der Waals surface area contributed by atoms with Gasteiger partial charge in [-0.15, -0.1) is 0 Å². The Morgan fingerprint density at radius 1 is 1.17 bits per heavy atom. The van der Waals surface area contributed by atoms with E-state index in [-0.39, 0.29) is 5.56 Å². The van der Waals surface area contributed by atoms with E-state index in [1.165, 1.54) is 19.3 Å². The fourth-order valence-electron chi connectivity index (χ4n) is 3.31. The number of benzene rings is 2. The lowest BCUT2D eigenvalue weighted by molar-refractivity contribution is -0.138. The molecule has 0 aliphatic rings. The molecule has 0 fully saturated rings. The largest absolute Gasteiger partial charge is 0.416 e. The molecule has 4 nitrogen and oxygen atoms in total. The van der Waals surface area contributed by atoms with Crippen LogP contribution in [0.2, 0.25) is 0 Å². The normalized spacial score (nSPS) is 13.5. The lowest BCUT2D eigenvalue weighted by Crippen LogP contribution is -2.14. The highest BCUT2D eigenvalue weighted by Crippen LogP contribution is 2.40. The van der Waals surface area contributed by atoms with Gasteiger partial charge in [-0.3, -0.25) is 0 Å². The zero-order valence-electron chi connectivity index (χ0n) is 16.3. The number of hydrogen-bond acceptors (Lipinski definition) is 4. The summed E-state index contributed by atoms with van der Waals surface area (Å²) >= 11 is 3.44. The molecule has 154 valence electrons. The van der Waals surface area contributed by atoms with Crippen LogP contribution in [0.4, 0.5) is 19.0 Å². The highest BCUT2D eigenvalue weighted by molar-refractivity contribution is 9.10. The topological polar surface area (TPSA) is 54.9 Å². The summed E-state index contributed by atoms with van der Waals surface area (Å²) in [5.41, 5.74) is 0.689. The smallest absolute Gasteiger partial charge is 0.363 e. The van der Waals surface area contributed by atoms with Crippen molar-refractivity contribution in [2.75, 3.05) is 18.6 Å². The first-order chi connectivity index (χ1) is 13.4. The van der Waals surface area contributed by atoms with Crippen molar-refractivity contribution in [3.05, 3.63) is 57.8 Å². The average Bonchev–Trinajstić information content (AvgIpc) is 2.59. The molecule has 0 aliphatic carbocycles. The SMILES string of the molecule is Cc1c([C@@H](C)Nc2ncnc3cc(Br)c(P(C)(C)=O)cc23)cccc1C(F)(F)F. The van der Waals surface area contributed by atoms with Crippen molar-refractivity contribution in [1.82, 2.24) is 9.97 Å². The second kappa shape index (κ2) is 7.73. The second-order valence-electron chi connectivity index (χ2n) is 7.28. The van der Waals surface area contributed by atoms with Gasteiger partial charge in [0.15, 0.2) is 0 Å². The zero-order chi connectivity index (χ0) is 21.6. The summed E-state index contributed by atoms with van der Waals surface area (Å²) in [7, 11) is -2.56. The third kappa shape index (κ3) is 4.48. The molecule has 3 aromatic rings. The highest BCUT2D eigenvalue weighted by atomic mass is 79.9. The minimum Gasteiger partial charge on any atom is -0.363 e. The van der Waals surface area contributed by atoms with Gasteiger partial charge >= 0.3 is 6.18 Å². The van der Waals surface area contributed by atoms with Crippen molar-refractivity contribution in [2.24, 2.45) is 0 Å². The summed E-state index contributed by atoms with van der Waals surface area (Å²) in [4.78, 5) is 8.53. The van der Waals surface area contributed by atoms with Gasteiger partial charge in [-0.2, -0.15) is 13.2 Å². The van der Waals surface area contributed by atoms with E-state index >= 15 is 0 Å². The summed E-state index contributed by atoms with van der Waals surface area (Å²) in [6, 6.07) is 7.26. The van der Waals surface area contributed by atoms with Crippen LogP contribution in [0.1, 0.15) is 29.7 Å². The molecule has 1 heterocycles. The Bertz CT molecular complexity index is 1130. The summed E-state index contributed by atoms with van der Waals surface area (Å²) in [6.07, 6.45) is -3.02. The molecule has 0 bridgehead atoms.